The molecule has 98 heavy (non-hydrogen) atoms. The fourth-order valence-corrected chi connectivity index (χ4v) is 11.7. The monoisotopic (exact) mass is 1370 g/mol. The van der Waals surface area contributed by atoms with Gasteiger partial charge in [0.05, 0.1) is 51.0 Å². The Balaban J connectivity index is 0.000000145. The van der Waals surface area contributed by atoms with Gasteiger partial charge in [-0.3, -0.25) is 14.5 Å². The molecule has 0 saturated heterocycles. The molecule has 1 atom stereocenters. The summed E-state index contributed by atoms with van der Waals surface area (Å²) in [7, 11) is 0.996. The van der Waals surface area contributed by atoms with E-state index in [2.05, 4.69) is 24.7 Å². The van der Waals surface area contributed by atoms with Crippen LogP contribution in [0.2, 0.25) is 5.28 Å². The molecule has 0 spiro atoms. The van der Waals surface area contributed by atoms with Crippen LogP contribution in [-0.4, -0.2) is 95.1 Å². The number of carbonyl (C=O) groups is 3. The highest BCUT2D eigenvalue weighted by Crippen LogP contribution is 2.42. The van der Waals surface area contributed by atoms with E-state index in [0.717, 1.165) is 28.9 Å². The minimum atomic E-state index is -3.77. The van der Waals surface area contributed by atoms with Crippen molar-refractivity contribution in [3.05, 3.63) is 249 Å². The molecule has 0 fully saturated rings. The maximum Gasteiger partial charge on any atom is 0.387 e. The molecule has 0 saturated carbocycles. The number of carbonyl (C=O) groups excluding carboxylic acids is 3. The van der Waals surface area contributed by atoms with Gasteiger partial charge in [-0.15, -0.1) is 0 Å². The van der Waals surface area contributed by atoms with E-state index in [0.29, 0.717) is 64.5 Å². The van der Waals surface area contributed by atoms with E-state index in [9.17, 15) is 40.4 Å². The normalized spacial score (nSPS) is 14.1. The number of benzene rings is 5. The van der Waals surface area contributed by atoms with E-state index in [4.69, 9.17) is 49.0 Å². The molecule has 0 N–H and O–H groups in total. The van der Waals surface area contributed by atoms with Crippen molar-refractivity contribution in [2.24, 2.45) is 0 Å². The van der Waals surface area contributed by atoms with Crippen LogP contribution >= 0.6 is 11.6 Å². The zero-order valence-corrected chi connectivity index (χ0v) is 54.2. The van der Waals surface area contributed by atoms with Crippen molar-refractivity contribution in [2.45, 2.75) is 57.3 Å². The van der Waals surface area contributed by atoms with Crippen LogP contribution < -0.4 is 24.0 Å². The van der Waals surface area contributed by atoms with Gasteiger partial charge in [-0.2, -0.15) is 13.8 Å². The molecule has 1 unspecified atom stereocenters. The van der Waals surface area contributed by atoms with Gasteiger partial charge in [-0.05, 0) is 120 Å². The molecule has 21 nitrogen and oxygen atoms in total. The number of esters is 1. The van der Waals surface area contributed by atoms with Crippen molar-refractivity contribution in [3.63, 3.8) is 0 Å². The van der Waals surface area contributed by atoms with Crippen molar-refractivity contribution in [2.75, 3.05) is 37.3 Å². The number of methoxy groups -OCH3 is 2. The highest BCUT2D eigenvalue weighted by atomic mass is 35.5. The Morgan fingerprint density at radius 2 is 1.28 bits per heavy atom. The van der Waals surface area contributed by atoms with Crippen LogP contribution in [0.5, 0.6) is 17.2 Å². The molecule has 11 aromatic rings. The summed E-state index contributed by atoms with van der Waals surface area (Å²) in [5.74, 6) is 2.05. The van der Waals surface area contributed by atoms with Crippen LogP contribution in [0, 0.1) is 18.6 Å². The minimum Gasteiger partial charge on any atom is -0.497 e. The molecule has 3 aliphatic rings. The smallest absolute Gasteiger partial charge is 0.387 e. The van der Waals surface area contributed by atoms with Crippen LogP contribution in [0.15, 0.2) is 189 Å². The number of aromatic nitrogens is 6. The van der Waals surface area contributed by atoms with E-state index < -0.39 is 45.4 Å². The van der Waals surface area contributed by atoms with Gasteiger partial charge in [-0.25, -0.2) is 46.9 Å². The highest BCUT2D eigenvalue weighted by molar-refractivity contribution is 7.90. The van der Waals surface area contributed by atoms with Crippen molar-refractivity contribution in [3.8, 4) is 51.6 Å². The van der Waals surface area contributed by atoms with Gasteiger partial charge in [0.1, 0.15) is 80.6 Å². The van der Waals surface area contributed by atoms with Crippen molar-refractivity contribution in [1.29, 1.82) is 0 Å². The van der Waals surface area contributed by atoms with Crippen LogP contribution in [0.3, 0.4) is 0 Å². The fourth-order valence-electron chi connectivity index (χ4n) is 11.0. The zero-order valence-electron chi connectivity index (χ0n) is 52.7. The molecule has 0 bridgehead atoms. The van der Waals surface area contributed by atoms with Gasteiger partial charge in [0.2, 0.25) is 32.1 Å². The third kappa shape index (κ3) is 14.4. The van der Waals surface area contributed by atoms with E-state index in [1.165, 1.54) is 47.4 Å². The van der Waals surface area contributed by atoms with Gasteiger partial charge in [-0.1, -0.05) is 78.9 Å². The van der Waals surface area contributed by atoms with Crippen LogP contribution in [-0.2, 0) is 51.8 Å². The Kier molecular flexibility index (Phi) is 19.3. The molecule has 498 valence electrons. The number of para-hydroxylation sites is 1. The van der Waals surface area contributed by atoms with Gasteiger partial charge >= 0.3 is 12.6 Å². The Morgan fingerprint density at radius 1 is 0.673 bits per heavy atom. The molecule has 5 aromatic carbocycles. The lowest BCUT2D eigenvalue weighted by molar-refractivity contribution is -0.117. The summed E-state index contributed by atoms with van der Waals surface area (Å²) in [4.78, 5) is 69.9. The van der Waals surface area contributed by atoms with Crippen LogP contribution in [0.4, 0.5) is 29.3 Å². The van der Waals surface area contributed by atoms with Crippen LogP contribution in [0.25, 0.3) is 46.1 Å². The van der Waals surface area contributed by atoms with Crippen molar-refractivity contribution < 1.29 is 72.6 Å². The number of alkyl halides is 2. The molecule has 0 radical (unpaired) electrons. The highest BCUT2D eigenvalue weighted by Gasteiger charge is 2.40. The molecule has 14 rings (SSSR count). The lowest BCUT2D eigenvalue weighted by Crippen LogP contribution is -2.28. The first-order valence-corrected chi connectivity index (χ1v) is 32.3. The molecule has 27 heteroatoms. The van der Waals surface area contributed by atoms with Crippen molar-refractivity contribution in [1.82, 2.24) is 34.8 Å². The maximum atomic E-state index is 14.6. The largest absolute Gasteiger partial charge is 0.497 e. The predicted octanol–water partition coefficient (Wildman–Crippen LogP) is 13.8. The number of halogens is 5. The Bertz CT molecular complexity index is 4900. The third-order valence-corrected chi connectivity index (χ3v) is 16.8. The minimum absolute atomic E-state index is 0.00374. The number of aryl methyl sites for hydroxylation is 1. The number of nitrogens with zero attached hydrogens (tertiary/aromatic N) is 9. The summed E-state index contributed by atoms with van der Waals surface area (Å²) in [5, 5.41) is -0.525. The van der Waals surface area contributed by atoms with Crippen LogP contribution in [0.1, 0.15) is 77.3 Å². The molecule has 3 aliphatic heterocycles. The lowest BCUT2D eigenvalue weighted by atomic mass is 10.0. The summed E-state index contributed by atoms with van der Waals surface area (Å²) in [6.07, 6.45) is 4.75. The Labute approximate surface area is 562 Å². The van der Waals surface area contributed by atoms with Gasteiger partial charge in [0, 0.05) is 49.5 Å². The second kappa shape index (κ2) is 28.4. The number of rotatable bonds is 18. The first-order valence-electron chi connectivity index (χ1n) is 30.0. The first-order chi connectivity index (χ1) is 47.2. The predicted molar refractivity (Wildman–Crippen MR) is 351 cm³/mol. The number of ether oxygens (including phenoxy) is 4. The summed E-state index contributed by atoms with van der Waals surface area (Å²) >= 11 is 6.05. The van der Waals surface area contributed by atoms with E-state index >= 15 is 0 Å². The van der Waals surface area contributed by atoms with E-state index in [1.807, 2.05) is 59.5 Å². The zero-order chi connectivity index (χ0) is 68.9. The van der Waals surface area contributed by atoms with Gasteiger partial charge < -0.3 is 42.0 Å². The number of cyclic esters (lactones) is 1. The van der Waals surface area contributed by atoms with Gasteiger partial charge in [0.25, 0.3) is 5.91 Å². The quantitative estimate of drug-likeness (QED) is 0.0440. The Hall–Kier alpha value is -11.5. The topological polar surface area (TPSA) is 249 Å². The number of amides is 2. The van der Waals surface area contributed by atoms with E-state index in [1.54, 1.807) is 112 Å². The molecule has 6 aromatic heterocycles. The number of hydrogen-bond donors (Lipinski definition) is 0. The fraction of sp³-hybridized carbons (Fsp3) is 0.169. The number of sulfone groups is 1. The lowest BCUT2D eigenvalue weighted by Gasteiger charge is -2.25. The molecule has 0 aliphatic carbocycles. The third-order valence-electron chi connectivity index (χ3n) is 15.8. The molecule has 2 amide bonds. The number of furan rings is 3. The number of fused-ring (bicyclic) bond motifs is 3. The molecular formula is C71H56ClF4N9O12S. The molecule has 9 heterocycles. The maximum absolute atomic E-state index is 14.6. The second-order valence-electron chi connectivity index (χ2n) is 22.3. The average Bonchev–Trinajstić information content (AvgIpc) is 1.59. The number of hydrogen-bond acceptors (Lipinski definition) is 19. The summed E-state index contributed by atoms with van der Waals surface area (Å²) in [5.41, 5.74) is 5.54. The molecular weight excluding hydrogens is 1310 g/mol. The average molecular weight is 1370 g/mol. The van der Waals surface area contributed by atoms with Crippen molar-refractivity contribution >= 4 is 62.8 Å². The Morgan fingerprint density at radius 3 is 1.87 bits per heavy atom. The van der Waals surface area contributed by atoms with E-state index in [-0.39, 0.29) is 93.1 Å². The summed E-state index contributed by atoms with van der Waals surface area (Å²) < 4.78 is 116. The standard InChI is InChI=1S/C33H29FN4O4.C19H13ClF2N2O4.C19H14FN3O4S/c1-40-25-13-9-22(10-14-25)19-37(20-23-11-15-26(41-2)16-12-23)33-35-31(29-8-5-17-42-29)27-18-30(39)38(32(27)36-33)21-24-6-3-4-7-28(24)34;1-9-6-7-12(26-9)15-14-16(24-18(20)23-15)13(27-17(14)25)8-10-4-2-3-5-11(10)28-19(21)22;1-23-13(10-11-6-3-4-7-12(11)20)16-15(18(23)24)17(14-8-5-9-27-14)22-19(21-16)28(2,25)26/h3-17H,18-21H2,1-2H3;2-7,13,19H,8H2,1H3;3-10H,1-2H3/b;;13-10-. The van der Waals surface area contributed by atoms with Gasteiger partial charge in [0.15, 0.2) is 17.3 Å². The number of anilines is 2. The summed E-state index contributed by atoms with van der Waals surface area (Å²) in [6, 6.07) is 44.6. The second-order valence-corrected chi connectivity index (χ2v) is 24.5. The summed E-state index contributed by atoms with van der Waals surface area (Å²) in [6.45, 7) is -0.191. The SMILES string of the molecule is CN1C(=O)c2c(nc(S(C)(=O)=O)nc2-c2ccco2)/C1=C/c1ccccc1F.COc1ccc(CN(Cc2ccc(OC)cc2)c2nc(-c3ccco3)c3c(n2)N(Cc2ccccc2F)C(=O)C3)cc1.Cc1ccc(-c2nc(Cl)nc3c2C(=O)OC3Cc2ccccc2OC(F)F)o1. The first kappa shape index (κ1) is 66.5.